The van der Waals surface area contributed by atoms with E-state index in [0.29, 0.717) is 6.61 Å². The molecule has 86 valence electrons. The van der Waals surface area contributed by atoms with Gasteiger partial charge in [0.15, 0.2) is 0 Å². The van der Waals surface area contributed by atoms with Crippen LogP contribution in [-0.2, 0) is 4.74 Å². The SMILES string of the molecule is CCC.Cc1ccc(C2=CC=CCO2)cc1. The van der Waals surface area contributed by atoms with Gasteiger partial charge in [-0.05, 0) is 19.1 Å². The fourth-order valence-electron chi connectivity index (χ4n) is 1.29. The molecule has 16 heavy (non-hydrogen) atoms. The van der Waals surface area contributed by atoms with Gasteiger partial charge in [0.05, 0.1) is 0 Å². The molecule has 0 aliphatic carbocycles. The van der Waals surface area contributed by atoms with Crippen molar-refractivity contribution in [2.45, 2.75) is 27.2 Å². The van der Waals surface area contributed by atoms with Gasteiger partial charge in [0.2, 0.25) is 0 Å². The van der Waals surface area contributed by atoms with Crippen LogP contribution in [-0.4, -0.2) is 6.61 Å². The fraction of sp³-hybridized carbons (Fsp3) is 0.333. The Bertz CT molecular complexity index is 358. The highest BCUT2D eigenvalue weighted by Crippen LogP contribution is 2.18. The van der Waals surface area contributed by atoms with Crippen LogP contribution in [0.5, 0.6) is 0 Å². The maximum Gasteiger partial charge on any atom is 0.126 e. The van der Waals surface area contributed by atoms with Gasteiger partial charge in [-0.25, -0.2) is 0 Å². The molecule has 0 radical (unpaired) electrons. The van der Waals surface area contributed by atoms with Crippen LogP contribution in [0.3, 0.4) is 0 Å². The molecular weight excluding hydrogens is 196 g/mol. The minimum absolute atomic E-state index is 0.680. The van der Waals surface area contributed by atoms with Crippen LogP contribution in [0, 0.1) is 6.92 Å². The molecule has 0 saturated carbocycles. The van der Waals surface area contributed by atoms with Crippen LogP contribution in [0.15, 0.2) is 42.5 Å². The molecule has 1 aliphatic heterocycles. The zero-order valence-electron chi connectivity index (χ0n) is 10.4. The highest BCUT2D eigenvalue weighted by Gasteiger charge is 2.02. The van der Waals surface area contributed by atoms with Crippen LogP contribution >= 0.6 is 0 Å². The molecule has 0 bridgehead atoms. The van der Waals surface area contributed by atoms with Gasteiger partial charge in [0.1, 0.15) is 12.4 Å². The summed E-state index contributed by atoms with van der Waals surface area (Å²) in [6.45, 7) is 7.01. The van der Waals surface area contributed by atoms with Gasteiger partial charge in [-0.1, -0.05) is 56.2 Å². The fourth-order valence-corrected chi connectivity index (χ4v) is 1.29. The van der Waals surface area contributed by atoms with Gasteiger partial charge in [-0.15, -0.1) is 0 Å². The van der Waals surface area contributed by atoms with Crippen LogP contribution in [0.4, 0.5) is 0 Å². The number of aryl methyl sites for hydroxylation is 1. The van der Waals surface area contributed by atoms with Crippen molar-refractivity contribution in [1.29, 1.82) is 0 Å². The highest BCUT2D eigenvalue weighted by atomic mass is 16.5. The standard InChI is InChI=1S/C12H12O.C3H8/c1-10-5-7-11(8-6-10)12-4-2-3-9-13-12;1-3-2/h2-8H,9H2,1H3;3H2,1-2H3. The summed E-state index contributed by atoms with van der Waals surface area (Å²) in [6.07, 6.45) is 7.27. The molecule has 0 saturated heterocycles. The van der Waals surface area contributed by atoms with Crippen molar-refractivity contribution in [3.63, 3.8) is 0 Å². The van der Waals surface area contributed by atoms with Gasteiger partial charge in [-0.2, -0.15) is 0 Å². The van der Waals surface area contributed by atoms with Gasteiger partial charge >= 0.3 is 0 Å². The van der Waals surface area contributed by atoms with E-state index in [9.17, 15) is 0 Å². The van der Waals surface area contributed by atoms with E-state index in [4.69, 9.17) is 4.74 Å². The first kappa shape index (κ1) is 12.6. The lowest BCUT2D eigenvalue weighted by atomic mass is 10.1. The van der Waals surface area contributed by atoms with E-state index in [2.05, 4.69) is 45.0 Å². The second kappa shape index (κ2) is 6.89. The Morgan fingerprint density at radius 2 is 1.75 bits per heavy atom. The number of rotatable bonds is 1. The summed E-state index contributed by atoms with van der Waals surface area (Å²) in [7, 11) is 0. The average molecular weight is 216 g/mol. The molecule has 0 aromatic heterocycles. The maximum absolute atomic E-state index is 5.48. The summed E-state index contributed by atoms with van der Waals surface area (Å²) in [4.78, 5) is 0. The summed E-state index contributed by atoms with van der Waals surface area (Å²) in [6, 6.07) is 8.36. The third-order valence-electron chi connectivity index (χ3n) is 2.05. The lowest BCUT2D eigenvalue weighted by Gasteiger charge is -2.11. The molecule has 1 aromatic rings. The van der Waals surface area contributed by atoms with Crippen LogP contribution in [0.25, 0.3) is 5.76 Å². The van der Waals surface area contributed by atoms with Crippen molar-refractivity contribution in [3.8, 4) is 0 Å². The van der Waals surface area contributed by atoms with Crippen molar-refractivity contribution >= 4 is 5.76 Å². The second-order valence-electron chi connectivity index (χ2n) is 3.84. The minimum Gasteiger partial charge on any atom is -0.489 e. The van der Waals surface area contributed by atoms with Gasteiger partial charge in [-0.3, -0.25) is 0 Å². The monoisotopic (exact) mass is 216 g/mol. The van der Waals surface area contributed by atoms with Gasteiger partial charge in [0, 0.05) is 5.56 Å². The maximum atomic E-state index is 5.48. The molecule has 0 spiro atoms. The molecule has 1 heterocycles. The van der Waals surface area contributed by atoms with Crippen LogP contribution < -0.4 is 0 Å². The topological polar surface area (TPSA) is 9.23 Å². The van der Waals surface area contributed by atoms with Crippen molar-refractivity contribution < 1.29 is 4.74 Å². The number of allylic oxidation sites excluding steroid dienone is 2. The van der Waals surface area contributed by atoms with E-state index < -0.39 is 0 Å². The number of hydrogen-bond acceptors (Lipinski definition) is 1. The van der Waals surface area contributed by atoms with Crippen molar-refractivity contribution in [2.75, 3.05) is 6.61 Å². The van der Waals surface area contributed by atoms with E-state index in [0.717, 1.165) is 11.3 Å². The average Bonchev–Trinajstić information content (AvgIpc) is 2.32. The van der Waals surface area contributed by atoms with Crippen LogP contribution in [0.1, 0.15) is 31.4 Å². The van der Waals surface area contributed by atoms with E-state index >= 15 is 0 Å². The van der Waals surface area contributed by atoms with Gasteiger partial charge in [0.25, 0.3) is 0 Å². The molecule has 0 fully saturated rings. The van der Waals surface area contributed by atoms with Crippen molar-refractivity contribution in [1.82, 2.24) is 0 Å². The Morgan fingerprint density at radius 3 is 2.25 bits per heavy atom. The van der Waals surface area contributed by atoms with Crippen LogP contribution in [0.2, 0.25) is 0 Å². The second-order valence-corrected chi connectivity index (χ2v) is 3.84. The lowest BCUT2D eigenvalue weighted by Crippen LogP contribution is -1.95. The molecule has 0 N–H and O–H groups in total. The Balaban J connectivity index is 0.000000386. The first-order chi connectivity index (χ1) is 7.77. The first-order valence-electron chi connectivity index (χ1n) is 5.84. The zero-order valence-corrected chi connectivity index (χ0v) is 10.4. The molecule has 0 amide bonds. The summed E-state index contributed by atoms with van der Waals surface area (Å²) >= 11 is 0. The normalized spacial score (nSPS) is 13.3. The van der Waals surface area contributed by atoms with E-state index in [1.54, 1.807) is 0 Å². The highest BCUT2D eigenvalue weighted by molar-refractivity contribution is 5.62. The summed E-state index contributed by atoms with van der Waals surface area (Å²) in [5.74, 6) is 0.961. The Hall–Kier alpha value is -1.50. The molecule has 1 heteroatoms. The molecule has 1 nitrogen and oxygen atoms in total. The summed E-state index contributed by atoms with van der Waals surface area (Å²) in [5.41, 5.74) is 2.42. The molecule has 1 aromatic carbocycles. The van der Waals surface area contributed by atoms with E-state index in [-0.39, 0.29) is 0 Å². The smallest absolute Gasteiger partial charge is 0.126 e. The van der Waals surface area contributed by atoms with E-state index in [1.165, 1.54) is 12.0 Å². The number of hydrogen-bond donors (Lipinski definition) is 0. The summed E-state index contributed by atoms with van der Waals surface area (Å²) < 4.78 is 5.48. The quantitative estimate of drug-likeness (QED) is 0.678. The largest absolute Gasteiger partial charge is 0.489 e. The Morgan fingerprint density at radius 1 is 1.12 bits per heavy atom. The Kier molecular flexibility index (Phi) is 5.41. The number of ether oxygens (including phenoxy) is 1. The molecular formula is C15H20O. The zero-order chi connectivity index (χ0) is 11.8. The minimum atomic E-state index is 0.680. The molecule has 2 rings (SSSR count). The summed E-state index contributed by atoms with van der Waals surface area (Å²) in [5, 5.41) is 0. The molecule has 0 atom stereocenters. The van der Waals surface area contributed by atoms with E-state index in [1.807, 2.05) is 18.2 Å². The first-order valence-corrected chi connectivity index (χ1v) is 5.84. The van der Waals surface area contributed by atoms with Gasteiger partial charge < -0.3 is 4.74 Å². The van der Waals surface area contributed by atoms with Crippen molar-refractivity contribution in [2.24, 2.45) is 0 Å². The van der Waals surface area contributed by atoms with Crippen molar-refractivity contribution in [3.05, 3.63) is 53.6 Å². The Labute approximate surface area is 98.5 Å². The predicted molar refractivity (Wildman–Crippen MR) is 70.2 cm³/mol. The lowest BCUT2D eigenvalue weighted by molar-refractivity contribution is 0.316. The molecule has 1 aliphatic rings. The number of benzene rings is 1. The predicted octanol–water partition coefficient (Wildman–Crippen LogP) is 4.34. The third kappa shape index (κ3) is 3.93. The third-order valence-corrected chi connectivity index (χ3v) is 2.05. The molecule has 0 unspecified atom stereocenters.